The number of benzene rings is 1. The van der Waals surface area contributed by atoms with Gasteiger partial charge in [-0.1, -0.05) is 18.2 Å². The van der Waals surface area contributed by atoms with Gasteiger partial charge >= 0.3 is 7.12 Å². The van der Waals surface area contributed by atoms with E-state index in [0.29, 0.717) is 31.4 Å². The van der Waals surface area contributed by atoms with Crippen LogP contribution < -0.4 is 5.46 Å². The van der Waals surface area contributed by atoms with Crippen LogP contribution in [-0.4, -0.2) is 50.8 Å². The summed E-state index contributed by atoms with van der Waals surface area (Å²) in [7, 11) is -1.78. The predicted molar refractivity (Wildman–Crippen MR) is 109 cm³/mol. The number of aromatic nitrogens is 2. The maximum atomic E-state index is 13.2. The van der Waals surface area contributed by atoms with Crippen molar-refractivity contribution in [1.29, 1.82) is 0 Å². The summed E-state index contributed by atoms with van der Waals surface area (Å²) < 4.78 is 0. The lowest BCUT2D eigenvalue weighted by molar-refractivity contribution is 0.0744. The number of hydrogen-bond acceptors (Lipinski definition) is 6. The van der Waals surface area contributed by atoms with Crippen molar-refractivity contribution in [3.63, 3.8) is 0 Å². The lowest BCUT2D eigenvalue weighted by atomic mass is 9.77. The summed E-state index contributed by atoms with van der Waals surface area (Å²) in [6.45, 7) is 0.770. The van der Waals surface area contributed by atoms with Crippen molar-refractivity contribution in [2.45, 2.75) is 13.0 Å². The molecule has 3 rings (SSSR count). The quantitative estimate of drug-likeness (QED) is 0.438. The third kappa shape index (κ3) is 5.34. The Labute approximate surface area is 168 Å². The SMILES string of the molecule is O=Cc1cc(C(=O)N(CCc2ccccn2)Cc2cccnc2)ccc1B(O)O. The van der Waals surface area contributed by atoms with Crippen molar-refractivity contribution in [3.05, 3.63) is 89.5 Å². The third-order valence-electron chi connectivity index (χ3n) is 4.49. The molecule has 2 N–H and O–H groups in total. The molecule has 0 saturated heterocycles. The largest absolute Gasteiger partial charge is 0.489 e. The maximum absolute atomic E-state index is 13.2. The highest BCUT2D eigenvalue weighted by atomic mass is 16.4. The van der Waals surface area contributed by atoms with Crippen molar-refractivity contribution in [3.8, 4) is 0 Å². The van der Waals surface area contributed by atoms with Gasteiger partial charge in [-0.2, -0.15) is 0 Å². The molecule has 29 heavy (non-hydrogen) atoms. The summed E-state index contributed by atoms with van der Waals surface area (Å²) >= 11 is 0. The molecule has 0 fully saturated rings. The molecule has 2 heterocycles. The number of nitrogens with zero attached hydrogens (tertiary/aromatic N) is 3. The van der Waals surface area contributed by atoms with Crippen molar-refractivity contribution in [2.24, 2.45) is 0 Å². The van der Waals surface area contributed by atoms with Gasteiger partial charge in [0.15, 0.2) is 0 Å². The van der Waals surface area contributed by atoms with E-state index in [4.69, 9.17) is 0 Å². The van der Waals surface area contributed by atoms with Gasteiger partial charge < -0.3 is 14.9 Å². The lowest BCUT2D eigenvalue weighted by Crippen LogP contribution is -2.35. The summed E-state index contributed by atoms with van der Waals surface area (Å²) in [6, 6.07) is 13.6. The highest BCUT2D eigenvalue weighted by Gasteiger charge is 2.21. The minimum absolute atomic E-state index is 0.0591. The summed E-state index contributed by atoms with van der Waals surface area (Å²) in [5.74, 6) is -0.271. The Morgan fingerprint density at radius 2 is 1.97 bits per heavy atom. The van der Waals surface area contributed by atoms with E-state index in [9.17, 15) is 19.6 Å². The Kier molecular flexibility index (Phi) is 6.83. The maximum Gasteiger partial charge on any atom is 0.489 e. The van der Waals surface area contributed by atoms with Crippen LogP contribution >= 0.6 is 0 Å². The zero-order valence-corrected chi connectivity index (χ0v) is 15.7. The summed E-state index contributed by atoms with van der Waals surface area (Å²) in [4.78, 5) is 34.5. The fraction of sp³-hybridized carbons (Fsp3) is 0.143. The highest BCUT2D eigenvalue weighted by Crippen LogP contribution is 2.12. The van der Waals surface area contributed by atoms with Gasteiger partial charge in [0.2, 0.25) is 0 Å². The average Bonchev–Trinajstić information content (AvgIpc) is 2.77. The fourth-order valence-electron chi connectivity index (χ4n) is 2.99. The summed E-state index contributed by atoms with van der Waals surface area (Å²) in [6.07, 6.45) is 6.14. The summed E-state index contributed by atoms with van der Waals surface area (Å²) in [5.41, 5.74) is 2.16. The van der Waals surface area contributed by atoms with Gasteiger partial charge in [-0.05, 0) is 41.4 Å². The molecule has 0 aliphatic carbocycles. The second-order valence-corrected chi connectivity index (χ2v) is 6.49. The third-order valence-corrected chi connectivity index (χ3v) is 4.49. The Hall–Kier alpha value is -3.36. The second kappa shape index (κ2) is 9.72. The molecule has 3 aromatic rings. The van der Waals surface area contributed by atoms with Crippen LogP contribution in [0, 0.1) is 0 Å². The van der Waals surface area contributed by atoms with Crippen molar-refractivity contribution in [1.82, 2.24) is 14.9 Å². The number of aldehydes is 1. The van der Waals surface area contributed by atoms with Crippen LogP contribution in [0.5, 0.6) is 0 Å². The van der Waals surface area contributed by atoms with Gasteiger partial charge in [-0.15, -0.1) is 0 Å². The monoisotopic (exact) mass is 389 g/mol. The van der Waals surface area contributed by atoms with Crippen LogP contribution in [0.4, 0.5) is 0 Å². The van der Waals surface area contributed by atoms with E-state index in [-0.39, 0.29) is 16.9 Å². The van der Waals surface area contributed by atoms with Crippen LogP contribution in [0.15, 0.2) is 67.1 Å². The predicted octanol–water partition coefficient (Wildman–Crippen LogP) is 0.854. The number of pyridine rings is 2. The lowest BCUT2D eigenvalue weighted by Gasteiger charge is -2.23. The standard InChI is InChI=1S/C21H20BN3O4/c26-15-18-12-17(6-7-20(18)22(28)29)21(27)25(14-16-4-3-9-23-13-16)11-8-19-5-1-2-10-24-19/h1-7,9-10,12-13,15,28-29H,8,11,14H2. The molecule has 0 unspecified atom stereocenters. The highest BCUT2D eigenvalue weighted by molar-refractivity contribution is 6.60. The van der Waals surface area contributed by atoms with Crippen LogP contribution in [0.25, 0.3) is 0 Å². The smallest absolute Gasteiger partial charge is 0.423 e. The number of amides is 1. The first-order chi connectivity index (χ1) is 14.1. The average molecular weight is 389 g/mol. The molecule has 0 aliphatic rings. The van der Waals surface area contributed by atoms with E-state index in [1.807, 2.05) is 24.3 Å². The van der Waals surface area contributed by atoms with Crippen molar-refractivity contribution < 1.29 is 19.6 Å². The van der Waals surface area contributed by atoms with Crippen molar-refractivity contribution in [2.75, 3.05) is 6.54 Å². The zero-order chi connectivity index (χ0) is 20.6. The molecule has 8 heteroatoms. The van der Waals surface area contributed by atoms with Crippen LogP contribution in [0.2, 0.25) is 0 Å². The first-order valence-electron chi connectivity index (χ1n) is 9.12. The van der Waals surface area contributed by atoms with Gasteiger partial charge in [0.25, 0.3) is 5.91 Å². The first-order valence-corrected chi connectivity index (χ1v) is 9.12. The van der Waals surface area contributed by atoms with Crippen LogP contribution in [0.1, 0.15) is 32.0 Å². The fourth-order valence-corrected chi connectivity index (χ4v) is 2.99. The molecular weight excluding hydrogens is 369 g/mol. The molecular formula is C21H20BN3O4. The van der Waals surface area contributed by atoms with Gasteiger partial charge in [0.05, 0.1) is 0 Å². The van der Waals surface area contributed by atoms with E-state index in [2.05, 4.69) is 9.97 Å². The molecule has 0 spiro atoms. The van der Waals surface area contributed by atoms with Crippen LogP contribution in [0.3, 0.4) is 0 Å². The molecule has 0 radical (unpaired) electrons. The Bertz CT molecular complexity index is 968. The van der Waals surface area contributed by atoms with Gasteiger partial charge in [-0.25, -0.2) is 0 Å². The number of carbonyl (C=O) groups is 2. The molecule has 2 aromatic heterocycles. The van der Waals surface area contributed by atoms with E-state index in [1.54, 1.807) is 29.6 Å². The van der Waals surface area contributed by atoms with Gasteiger partial charge in [-0.3, -0.25) is 19.6 Å². The van der Waals surface area contributed by atoms with E-state index in [1.165, 1.54) is 18.2 Å². The topological polar surface area (TPSA) is 104 Å². The summed E-state index contributed by atoms with van der Waals surface area (Å²) in [5, 5.41) is 18.7. The normalized spacial score (nSPS) is 10.4. The Morgan fingerprint density at radius 3 is 2.62 bits per heavy atom. The minimum Gasteiger partial charge on any atom is -0.423 e. The Morgan fingerprint density at radius 1 is 1.10 bits per heavy atom. The van der Waals surface area contributed by atoms with E-state index in [0.717, 1.165) is 11.3 Å². The first kappa shape index (κ1) is 20.4. The number of hydrogen-bond donors (Lipinski definition) is 2. The molecule has 0 bridgehead atoms. The molecule has 0 aliphatic heterocycles. The molecule has 0 atom stereocenters. The van der Waals surface area contributed by atoms with Gasteiger partial charge in [0, 0.05) is 54.9 Å². The van der Waals surface area contributed by atoms with E-state index >= 15 is 0 Å². The Balaban J connectivity index is 1.85. The number of carbonyl (C=O) groups excluding carboxylic acids is 2. The van der Waals surface area contributed by atoms with Crippen molar-refractivity contribution >= 4 is 24.8 Å². The zero-order valence-electron chi connectivity index (χ0n) is 15.7. The molecule has 1 amide bonds. The molecule has 146 valence electrons. The van der Waals surface area contributed by atoms with Crippen LogP contribution in [-0.2, 0) is 13.0 Å². The molecule has 1 aromatic carbocycles. The van der Waals surface area contributed by atoms with Gasteiger partial charge in [0.1, 0.15) is 6.29 Å². The second-order valence-electron chi connectivity index (χ2n) is 6.49. The minimum atomic E-state index is -1.78. The molecule has 0 saturated carbocycles. The van der Waals surface area contributed by atoms with E-state index < -0.39 is 7.12 Å². The molecule has 7 nitrogen and oxygen atoms in total. The number of rotatable bonds is 8.